The number of ether oxygens (including phenoxy) is 1. The maximum absolute atomic E-state index is 12.4. The summed E-state index contributed by atoms with van der Waals surface area (Å²) in [5, 5.41) is 15.4. The topological polar surface area (TPSA) is 82.3 Å². The van der Waals surface area contributed by atoms with Crippen molar-refractivity contribution in [1.29, 1.82) is 0 Å². The molecule has 30 heavy (non-hydrogen) atoms. The van der Waals surface area contributed by atoms with E-state index in [9.17, 15) is 4.79 Å². The predicted molar refractivity (Wildman–Crippen MR) is 121 cm³/mol. The van der Waals surface area contributed by atoms with E-state index in [1.807, 2.05) is 24.3 Å². The average molecular weight is 422 g/mol. The molecule has 0 radical (unpaired) electrons. The Hall–Kier alpha value is -2.94. The van der Waals surface area contributed by atoms with Gasteiger partial charge in [0.05, 0.1) is 24.9 Å². The van der Waals surface area contributed by atoms with E-state index in [4.69, 9.17) is 4.74 Å². The van der Waals surface area contributed by atoms with E-state index >= 15 is 0 Å². The number of rotatable bonds is 5. The fraction of sp³-hybridized carbons (Fsp3) is 0.273. The Kier molecular flexibility index (Phi) is 5.35. The minimum absolute atomic E-state index is 0.201. The van der Waals surface area contributed by atoms with Crippen LogP contribution < -0.4 is 10.6 Å². The summed E-state index contributed by atoms with van der Waals surface area (Å²) in [5.74, 6) is 0. The zero-order valence-corrected chi connectivity index (χ0v) is 17.3. The van der Waals surface area contributed by atoms with E-state index in [0.29, 0.717) is 6.54 Å². The first-order valence-corrected chi connectivity index (χ1v) is 10.9. The lowest BCUT2D eigenvalue weighted by molar-refractivity contribution is 0.0388. The number of nitrogens with zero attached hydrogens (tertiary/aromatic N) is 2. The number of amides is 2. The van der Waals surface area contributed by atoms with E-state index in [1.54, 1.807) is 17.5 Å². The van der Waals surface area contributed by atoms with Crippen LogP contribution in [0.5, 0.6) is 0 Å². The number of nitrogens with one attached hydrogen (secondary N) is 3. The normalized spacial score (nSPS) is 14.9. The Morgan fingerprint density at radius 3 is 2.90 bits per heavy atom. The Morgan fingerprint density at radius 2 is 2.03 bits per heavy atom. The molecule has 0 atom stereocenters. The van der Waals surface area contributed by atoms with Crippen LogP contribution in [0.3, 0.4) is 0 Å². The molecule has 2 aromatic heterocycles. The number of thiophene rings is 1. The van der Waals surface area contributed by atoms with Crippen molar-refractivity contribution in [3.63, 3.8) is 0 Å². The predicted octanol–water partition coefficient (Wildman–Crippen LogP) is 3.90. The molecule has 1 aliphatic rings. The molecular weight excluding hydrogens is 398 g/mol. The molecule has 4 aromatic rings. The van der Waals surface area contributed by atoms with Gasteiger partial charge in [0.25, 0.3) is 0 Å². The van der Waals surface area contributed by atoms with Crippen LogP contribution in [-0.2, 0) is 4.74 Å². The Morgan fingerprint density at radius 1 is 1.17 bits per heavy atom. The molecule has 3 N–H and O–H groups in total. The van der Waals surface area contributed by atoms with E-state index in [1.165, 1.54) is 10.1 Å². The Labute approximate surface area is 178 Å². The van der Waals surface area contributed by atoms with E-state index in [-0.39, 0.29) is 6.03 Å². The number of carbonyl (C=O) groups is 1. The fourth-order valence-electron chi connectivity index (χ4n) is 3.77. The molecule has 0 aliphatic carbocycles. The molecule has 8 heteroatoms. The number of benzene rings is 2. The minimum atomic E-state index is -0.201. The van der Waals surface area contributed by atoms with Crippen molar-refractivity contribution in [3.8, 4) is 10.4 Å². The monoisotopic (exact) mass is 421 g/mol. The maximum Gasteiger partial charge on any atom is 0.319 e. The van der Waals surface area contributed by atoms with Gasteiger partial charge >= 0.3 is 6.03 Å². The van der Waals surface area contributed by atoms with Crippen molar-refractivity contribution in [2.24, 2.45) is 0 Å². The van der Waals surface area contributed by atoms with Crippen LogP contribution in [0.4, 0.5) is 10.5 Å². The first-order valence-electron chi connectivity index (χ1n) is 10.1. The van der Waals surface area contributed by atoms with E-state index in [0.717, 1.165) is 59.9 Å². The molecule has 0 spiro atoms. The van der Waals surface area contributed by atoms with Gasteiger partial charge in [-0.1, -0.05) is 18.2 Å². The van der Waals surface area contributed by atoms with Crippen molar-refractivity contribution in [3.05, 3.63) is 48.7 Å². The van der Waals surface area contributed by atoms with Crippen LogP contribution in [0.25, 0.3) is 31.4 Å². The number of anilines is 1. The molecule has 7 nitrogen and oxygen atoms in total. The molecule has 1 saturated heterocycles. The lowest BCUT2D eigenvalue weighted by Crippen LogP contribution is -2.42. The summed E-state index contributed by atoms with van der Waals surface area (Å²) in [6.07, 6.45) is 1.79. The number of carbonyl (C=O) groups excluding carboxylic acids is 1. The number of fused-ring (bicyclic) bond motifs is 2. The van der Waals surface area contributed by atoms with Gasteiger partial charge in [-0.15, -0.1) is 11.3 Å². The third kappa shape index (κ3) is 4.02. The minimum Gasteiger partial charge on any atom is -0.379 e. The number of H-pyrrole nitrogens is 1. The number of hydrogen-bond donors (Lipinski definition) is 3. The highest BCUT2D eigenvalue weighted by molar-refractivity contribution is 7.22. The quantitative estimate of drug-likeness (QED) is 0.456. The van der Waals surface area contributed by atoms with E-state index < -0.39 is 0 Å². The average Bonchev–Trinajstić information content (AvgIpc) is 3.40. The molecule has 0 unspecified atom stereocenters. The highest BCUT2D eigenvalue weighted by atomic mass is 32.1. The molecule has 2 aromatic carbocycles. The van der Waals surface area contributed by atoms with Crippen LogP contribution in [0, 0.1) is 0 Å². The van der Waals surface area contributed by atoms with Gasteiger partial charge in [0.1, 0.15) is 0 Å². The van der Waals surface area contributed by atoms with Crippen LogP contribution in [0.1, 0.15) is 0 Å². The SMILES string of the molecule is O=C(NCCN1CCOCC1)Nc1cc(-c2cc3ccccc3s2)c2[nH]ncc2c1. The number of aromatic amines is 1. The van der Waals surface area contributed by atoms with Crippen molar-refractivity contribution in [1.82, 2.24) is 20.4 Å². The van der Waals surface area contributed by atoms with Gasteiger partial charge in [0.15, 0.2) is 0 Å². The summed E-state index contributed by atoms with van der Waals surface area (Å²) >= 11 is 1.73. The smallest absolute Gasteiger partial charge is 0.319 e. The number of hydrogen-bond acceptors (Lipinski definition) is 5. The summed E-state index contributed by atoms with van der Waals surface area (Å²) in [6.45, 7) is 4.78. The van der Waals surface area contributed by atoms with Crippen LogP contribution in [-0.4, -0.2) is 60.5 Å². The van der Waals surface area contributed by atoms with Crippen molar-refractivity contribution < 1.29 is 9.53 Å². The highest BCUT2D eigenvalue weighted by Crippen LogP contribution is 2.38. The van der Waals surface area contributed by atoms with Gasteiger partial charge < -0.3 is 15.4 Å². The summed E-state index contributed by atoms with van der Waals surface area (Å²) < 4.78 is 6.59. The summed E-state index contributed by atoms with van der Waals surface area (Å²) in [6, 6.07) is 14.3. The number of aromatic nitrogens is 2. The summed E-state index contributed by atoms with van der Waals surface area (Å²) in [7, 11) is 0. The molecule has 154 valence electrons. The number of morpholine rings is 1. The van der Waals surface area contributed by atoms with Crippen LogP contribution in [0.2, 0.25) is 0 Å². The lowest BCUT2D eigenvalue weighted by Gasteiger charge is -2.26. The molecule has 1 fully saturated rings. The van der Waals surface area contributed by atoms with Gasteiger partial charge in [-0.2, -0.15) is 5.10 Å². The van der Waals surface area contributed by atoms with Gasteiger partial charge in [-0.05, 0) is 29.7 Å². The lowest BCUT2D eigenvalue weighted by atomic mass is 10.1. The zero-order valence-electron chi connectivity index (χ0n) is 16.5. The van der Waals surface area contributed by atoms with Crippen LogP contribution in [0.15, 0.2) is 48.7 Å². The second-order valence-electron chi connectivity index (χ2n) is 7.34. The Bertz CT molecular complexity index is 1150. The third-order valence-electron chi connectivity index (χ3n) is 5.31. The first kappa shape index (κ1) is 19.0. The second-order valence-corrected chi connectivity index (χ2v) is 8.43. The molecule has 1 aliphatic heterocycles. The van der Waals surface area contributed by atoms with Crippen molar-refractivity contribution >= 4 is 44.0 Å². The van der Waals surface area contributed by atoms with Crippen molar-refractivity contribution in [2.75, 3.05) is 44.7 Å². The molecular formula is C22H23N5O2S. The number of urea groups is 1. The fourth-order valence-corrected chi connectivity index (χ4v) is 4.85. The van der Waals surface area contributed by atoms with Crippen molar-refractivity contribution in [2.45, 2.75) is 0 Å². The van der Waals surface area contributed by atoms with E-state index in [2.05, 4.69) is 43.9 Å². The van der Waals surface area contributed by atoms with Gasteiger partial charge in [0.2, 0.25) is 0 Å². The maximum atomic E-state index is 12.4. The molecule has 0 bridgehead atoms. The molecule has 2 amide bonds. The first-order chi connectivity index (χ1) is 14.8. The molecule has 5 rings (SSSR count). The highest BCUT2D eigenvalue weighted by Gasteiger charge is 2.13. The van der Waals surface area contributed by atoms with Gasteiger partial charge in [-0.3, -0.25) is 10.00 Å². The molecule has 3 heterocycles. The largest absolute Gasteiger partial charge is 0.379 e. The summed E-state index contributed by atoms with van der Waals surface area (Å²) in [5.41, 5.74) is 2.76. The third-order valence-corrected chi connectivity index (χ3v) is 6.46. The van der Waals surface area contributed by atoms with Crippen LogP contribution >= 0.6 is 11.3 Å². The van der Waals surface area contributed by atoms with Gasteiger partial charge in [0, 0.05) is 52.4 Å². The van der Waals surface area contributed by atoms with Gasteiger partial charge in [-0.25, -0.2) is 4.79 Å². The zero-order chi connectivity index (χ0) is 20.3. The molecule has 0 saturated carbocycles. The second kappa shape index (κ2) is 8.43. The summed E-state index contributed by atoms with van der Waals surface area (Å²) in [4.78, 5) is 15.9. The standard InChI is InChI=1S/C22H23N5O2S/c28-22(23-5-6-27-7-9-29-10-8-27)25-17-11-16-14-24-26-21(16)18(13-17)20-12-15-3-1-2-4-19(15)30-20/h1-4,11-14H,5-10H2,(H,24,26)(H2,23,25,28). The Balaban J connectivity index is 1.33.